The summed E-state index contributed by atoms with van der Waals surface area (Å²) in [7, 11) is 0. The van der Waals surface area contributed by atoms with Crippen LogP contribution in [0, 0.1) is 13.8 Å². The molecule has 0 heterocycles. The first-order chi connectivity index (χ1) is 12.0. The van der Waals surface area contributed by atoms with Gasteiger partial charge in [0.2, 0.25) is 5.91 Å². The minimum Gasteiger partial charge on any atom is -0.354 e. The molecule has 0 spiro atoms. The summed E-state index contributed by atoms with van der Waals surface area (Å²) in [6.07, 6.45) is 0. The van der Waals surface area contributed by atoms with Crippen LogP contribution >= 0.6 is 11.8 Å². The van der Waals surface area contributed by atoms with Crippen LogP contribution in [-0.4, -0.2) is 30.7 Å². The first kappa shape index (κ1) is 19.1. The molecular formula is C20H24N2O2S. The van der Waals surface area contributed by atoms with Crippen LogP contribution in [0.5, 0.6) is 0 Å². The number of amides is 2. The molecule has 2 aromatic rings. The summed E-state index contributed by atoms with van der Waals surface area (Å²) in [5, 5.41) is 5.49. The number of nitrogens with one attached hydrogen (secondary N) is 2. The maximum absolute atomic E-state index is 12.1. The van der Waals surface area contributed by atoms with E-state index in [-0.39, 0.29) is 18.4 Å². The molecule has 0 saturated heterocycles. The standard InChI is InChI=1S/C20H24N2O2S/c1-15-10-16(2)12-18(11-15)20(24)22-13-19(23)21-8-9-25-14-17-6-4-3-5-7-17/h3-7,10-12H,8-9,13-14H2,1-2H3,(H,21,23)(H,22,24). The normalized spacial score (nSPS) is 10.3. The van der Waals surface area contributed by atoms with E-state index in [9.17, 15) is 9.59 Å². The first-order valence-electron chi connectivity index (χ1n) is 8.29. The molecule has 0 aromatic heterocycles. The highest BCUT2D eigenvalue weighted by atomic mass is 32.2. The number of hydrogen-bond donors (Lipinski definition) is 2. The third-order valence-electron chi connectivity index (χ3n) is 3.57. The number of benzene rings is 2. The number of rotatable bonds is 8. The molecule has 25 heavy (non-hydrogen) atoms. The van der Waals surface area contributed by atoms with Gasteiger partial charge in [0.1, 0.15) is 0 Å². The van der Waals surface area contributed by atoms with E-state index in [0.717, 1.165) is 22.6 Å². The summed E-state index contributed by atoms with van der Waals surface area (Å²) in [6, 6.07) is 15.9. The second kappa shape index (κ2) is 9.89. The Hall–Kier alpha value is -2.27. The Labute approximate surface area is 153 Å². The molecule has 0 aliphatic rings. The van der Waals surface area contributed by atoms with Crippen LogP contribution in [0.1, 0.15) is 27.0 Å². The van der Waals surface area contributed by atoms with Crippen LogP contribution in [-0.2, 0) is 10.5 Å². The van der Waals surface area contributed by atoms with Gasteiger partial charge in [0.05, 0.1) is 6.54 Å². The van der Waals surface area contributed by atoms with Gasteiger partial charge in [-0.25, -0.2) is 0 Å². The lowest BCUT2D eigenvalue weighted by Crippen LogP contribution is -2.37. The molecule has 0 aliphatic heterocycles. The number of aryl methyl sites for hydroxylation is 2. The Bertz CT molecular complexity index is 697. The van der Waals surface area contributed by atoms with Crippen molar-refractivity contribution in [2.45, 2.75) is 19.6 Å². The largest absolute Gasteiger partial charge is 0.354 e. The summed E-state index contributed by atoms with van der Waals surface area (Å²) in [6.45, 7) is 4.48. The minimum atomic E-state index is -0.222. The molecule has 2 N–H and O–H groups in total. The monoisotopic (exact) mass is 356 g/mol. The van der Waals surface area contributed by atoms with Gasteiger partial charge < -0.3 is 10.6 Å². The Morgan fingerprint density at radius 1 is 0.960 bits per heavy atom. The van der Waals surface area contributed by atoms with Gasteiger partial charge in [-0.2, -0.15) is 11.8 Å². The third-order valence-corrected chi connectivity index (χ3v) is 4.60. The molecule has 0 aliphatic carbocycles. The molecule has 132 valence electrons. The van der Waals surface area contributed by atoms with E-state index in [1.807, 2.05) is 50.2 Å². The first-order valence-corrected chi connectivity index (χ1v) is 9.45. The van der Waals surface area contributed by atoms with Crippen molar-refractivity contribution in [3.8, 4) is 0 Å². The van der Waals surface area contributed by atoms with E-state index in [1.54, 1.807) is 11.8 Å². The van der Waals surface area contributed by atoms with Gasteiger partial charge in [-0.15, -0.1) is 0 Å². The van der Waals surface area contributed by atoms with Crippen molar-refractivity contribution in [1.29, 1.82) is 0 Å². The van der Waals surface area contributed by atoms with Crippen LogP contribution < -0.4 is 10.6 Å². The third kappa shape index (κ3) is 7.01. The van der Waals surface area contributed by atoms with Crippen LogP contribution in [0.2, 0.25) is 0 Å². The molecule has 0 radical (unpaired) electrons. The lowest BCUT2D eigenvalue weighted by Gasteiger charge is -2.08. The molecule has 0 fully saturated rings. The predicted octanol–water partition coefficient (Wildman–Crippen LogP) is 3.08. The molecule has 2 aromatic carbocycles. The van der Waals surface area contributed by atoms with Gasteiger partial charge in [0, 0.05) is 23.6 Å². The van der Waals surface area contributed by atoms with E-state index < -0.39 is 0 Å². The van der Waals surface area contributed by atoms with Gasteiger partial charge in [-0.3, -0.25) is 9.59 Å². The van der Waals surface area contributed by atoms with Crippen LogP contribution in [0.3, 0.4) is 0 Å². The number of hydrogen-bond acceptors (Lipinski definition) is 3. The molecule has 0 saturated carbocycles. The zero-order chi connectivity index (χ0) is 18.1. The van der Waals surface area contributed by atoms with Gasteiger partial charge in [0.25, 0.3) is 5.91 Å². The smallest absolute Gasteiger partial charge is 0.251 e. The van der Waals surface area contributed by atoms with Gasteiger partial charge in [-0.1, -0.05) is 47.5 Å². The number of carbonyl (C=O) groups is 2. The SMILES string of the molecule is Cc1cc(C)cc(C(=O)NCC(=O)NCCSCc2ccccc2)c1. The maximum Gasteiger partial charge on any atom is 0.251 e. The van der Waals surface area contributed by atoms with Gasteiger partial charge in [0.15, 0.2) is 0 Å². The van der Waals surface area contributed by atoms with Crippen LogP contribution in [0.4, 0.5) is 0 Å². The van der Waals surface area contributed by atoms with Crippen molar-refractivity contribution >= 4 is 23.6 Å². The molecule has 0 unspecified atom stereocenters. The van der Waals surface area contributed by atoms with E-state index in [0.29, 0.717) is 12.1 Å². The van der Waals surface area contributed by atoms with Crippen molar-refractivity contribution in [3.05, 3.63) is 70.8 Å². The fourth-order valence-corrected chi connectivity index (χ4v) is 3.28. The molecule has 0 atom stereocenters. The fourth-order valence-electron chi connectivity index (χ4n) is 2.46. The number of thioether (sulfide) groups is 1. The van der Waals surface area contributed by atoms with Crippen LogP contribution in [0.15, 0.2) is 48.5 Å². The van der Waals surface area contributed by atoms with E-state index in [2.05, 4.69) is 22.8 Å². The van der Waals surface area contributed by atoms with E-state index in [1.165, 1.54) is 5.56 Å². The Kier molecular flexibility index (Phi) is 7.54. The average Bonchev–Trinajstić information content (AvgIpc) is 2.59. The van der Waals surface area contributed by atoms with E-state index >= 15 is 0 Å². The van der Waals surface area contributed by atoms with Crippen molar-refractivity contribution in [3.63, 3.8) is 0 Å². The Morgan fingerprint density at radius 2 is 1.64 bits per heavy atom. The van der Waals surface area contributed by atoms with Crippen molar-refractivity contribution in [2.75, 3.05) is 18.8 Å². The highest BCUT2D eigenvalue weighted by Gasteiger charge is 2.08. The highest BCUT2D eigenvalue weighted by molar-refractivity contribution is 7.98. The van der Waals surface area contributed by atoms with E-state index in [4.69, 9.17) is 0 Å². The van der Waals surface area contributed by atoms with Crippen molar-refractivity contribution in [2.24, 2.45) is 0 Å². The average molecular weight is 356 g/mol. The molecule has 2 amide bonds. The second-order valence-electron chi connectivity index (χ2n) is 5.95. The molecule has 2 rings (SSSR count). The van der Waals surface area contributed by atoms with Gasteiger partial charge >= 0.3 is 0 Å². The Morgan fingerprint density at radius 3 is 2.32 bits per heavy atom. The van der Waals surface area contributed by atoms with Gasteiger partial charge in [-0.05, 0) is 31.5 Å². The summed E-state index contributed by atoms with van der Waals surface area (Å²) < 4.78 is 0. The summed E-state index contributed by atoms with van der Waals surface area (Å²) >= 11 is 1.77. The summed E-state index contributed by atoms with van der Waals surface area (Å²) in [5.41, 5.74) is 3.93. The lowest BCUT2D eigenvalue weighted by atomic mass is 10.1. The second-order valence-corrected chi connectivity index (χ2v) is 7.05. The quantitative estimate of drug-likeness (QED) is 0.715. The van der Waals surface area contributed by atoms with Crippen molar-refractivity contribution < 1.29 is 9.59 Å². The highest BCUT2D eigenvalue weighted by Crippen LogP contribution is 2.10. The maximum atomic E-state index is 12.1. The summed E-state index contributed by atoms with van der Waals surface area (Å²) in [5.74, 6) is 1.38. The number of carbonyl (C=O) groups excluding carboxylic acids is 2. The molecule has 0 bridgehead atoms. The Balaban J connectivity index is 1.62. The molecule has 4 nitrogen and oxygen atoms in total. The molecular weight excluding hydrogens is 332 g/mol. The zero-order valence-corrected chi connectivity index (χ0v) is 15.5. The lowest BCUT2D eigenvalue weighted by molar-refractivity contribution is -0.120. The topological polar surface area (TPSA) is 58.2 Å². The van der Waals surface area contributed by atoms with Crippen molar-refractivity contribution in [1.82, 2.24) is 10.6 Å². The fraction of sp³-hybridized carbons (Fsp3) is 0.300. The molecule has 5 heteroatoms. The predicted molar refractivity (Wildman–Crippen MR) is 104 cm³/mol. The van der Waals surface area contributed by atoms with Crippen LogP contribution in [0.25, 0.3) is 0 Å². The minimum absolute atomic E-state index is 0.00479. The summed E-state index contributed by atoms with van der Waals surface area (Å²) in [4.78, 5) is 23.9. The zero-order valence-electron chi connectivity index (χ0n) is 14.7.